The molecule has 0 amide bonds. The van der Waals surface area contributed by atoms with Crippen LogP contribution < -0.4 is 0 Å². The number of aromatic nitrogens is 1. The van der Waals surface area contributed by atoms with Crippen molar-refractivity contribution in [3.8, 4) is 0 Å². The first-order valence-corrected chi connectivity index (χ1v) is 8.34. The van der Waals surface area contributed by atoms with Gasteiger partial charge in [-0.05, 0) is 50.6 Å². The summed E-state index contributed by atoms with van der Waals surface area (Å²) in [4.78, 5) is 5.38. The minimum Gasteiger partial charge on any atom is -0.303 e. The molecule has 1 aliphatic rings. The normalized spacial score (nSPS) is 19.9. The molecule has 1 aromatic carbocycles. The summed E-state index contributed by atoms with van der Waals surface area (Å²) < 4.78 is 79.5. The van der Waals surface area contributed by atoms with Crippen molar-refractivity contribution in [2.24, 2.45) is 0 Å². The maximum Gasteiger partial charge on any atom is 0.433 e. The minimum absolute atomic E-state index is 0.00461. The second-order valence-corrected chi connectivity index (χ2v) is 6.70. The van der Waals surface area contributed by atoms with Crippen LogP contribution in [0.25, 0.3) is 10.9 Å². The van der Waals surface area contributed by atoms with Crippen LogP contribution in [0.5, 0.6) is 0 Å². The van der Waals surface area contributed by atoms with Crippen LogP contribution in [0.1, 0.15) is 36.1 Å². The van der Waals surface area contributed by atoms with E-state index in [0.717, 1.165) is 37.9 Å². The van der Waals surface area contributed by atoms with Gasteiger partial charge in [-0.2, -0.15) is 26.3 Å². The predicted octanol–water partition coefficient (Wildman–Crippen LogP) is 5.30. The molecule has 1 atom stereocenters. The van der Waals surface area contributed by atoms with Gasteiger partial charge in [-0.3, -0.25) is 0 Å². The van der Waals surface area contributed by atoms with Crippen molar-refractivity contribution >= 4 is 10.9 Å². The number of para-hydroxylation sites is 1. The fourth-order valence-corrected chi connectivity index (χ4v) is 3.52. The second kappa shape index (κ2) is 6.72. The third-order valence-corrected chi connectivity index (χ3v) is 4.90. The summed E-state index contributed by atoms with van der Waals surface area (Å²) in [5.41, 5.74) is -2.80. The third kappa shape index (κ3) is 3.79. The Hall–Kier alpha value is -1.83. The van der Waals surface area contributed by atoms with Crippen LogP contribution in [0.4, 0.5) is 26.3 Å². The van der Waals surface area contributed by atoms with Crippen LogP contribution in [0.3, 0.4) is 0 Å². The van der Waals surface area contributed by atoms with Crippen LogP contribution in [0.2, 0.25) is 0 Å². The lowest BCUT2D eigenvalue weighted by molar-refractivity contribution is -0.142. The average molecular weight is 376 g/mol. The molecule has 0 saturated carbocycles. The monoisotopic (exact) mass is 376 g/mol. The maximum atomic E-state index is 13.3. The van der Waals surface area contributed by atoms with Gasteiger partial charge in [-0.1, -0.05) is 18.6 Å². The number of nitrogens with zero attached hydrogens (tertiary/aromatic N) is 2. The van der Waals surface area contributed by atoms with Gasteiger partial charge in [0.05, 0.1) is 11.1 Å². The Morgan fingerprint density at radius 3 is 2.42 bits per heavy atom. The van der Waals surface area contributed by atoms with E-state index in [0.29, 0.717) is 0 Å². The Labute approximate surface area is 146 Å². The molecule has 142 valence electrons. The number of halogens is 6. The number of likely N-dealkylation sites (tertiary alicyclic amines) is 1. The first-order valence-electron chi connectivity index (χ1n) is 8.34. The van der Waals surface area contributed by atoms with E-state index in [9.17, 15) is 26.3 Å². The highest BCUT2D eigenvalue weighted by Gasteiger charge is 2.37. The summed E-state index contributed by atoms with van der Waals surface area (Å²) in [6, 6.07) is 4.30. The molecule has 1 aliphatic heterocycles. The largest absolute Gasteiger partial charge is 0.433 e. The number of pyridine rings is 1. The topological polar surface area (TPSA) is 16.1 Å². The van der Waals surface area contributed by atoms with Gasteiger partial charge in [0, 0.05) is 11.4 Å². The third-order valence-electron chi connectivity index (χ3n) is 4.90. The van der Waals surface area contributed by atoms with Gasteiger partial charge < -0.3 is 4.90 Å². The molecular formula is C18H18F6N2. The fraction of sp³-hybridized carbons (Fsp3) is 0.500. The number of benzene rings is 1. The van der Waals surface area contributed by atoms with E-state index < -0.39 is 29.1 Å². The van der Waals surface area contributed by atoms with Crippen molar-refractivity contribution in [2.45, 2.75) is 44.1 Å². The van der Waals surface area contributed by atoms with Crippen molar-refractivity contribution in [3.05, 3.63) is 41.1 Å². The molecule has 2 heterocycles. The van der Waals surface area contributed by atoms with Crippen LogP contribution in [-0.4, -0.2) is 29.5 Å². The van der Waals surface area contributed by atoms with Crippen molar-refractivity contribution in [2.75, 3.05) is 13.6 Å². The first kappa shape index (κ1) is 18.9. The lowest BCUT2D eigenvalue weighted by Crippen LogP contribution is -2.37. The fourth-order valence-electron chi connectivity index (χ4n) is 3.52. The van der Waals surface area contributed by atoms with E-state index in [1.165, 1.54) is 12.1 Å². The van der Waals surface area contributed by atoms with Gasteiger partial charge in [0.1, 0.15) is 5.69 Å². The first-order chi connectivity index (χ1) is 12.1. The van der Waals surface area contributed by atoms with Crippen LogP contribution in [-0.2, 0) is 18.8 Å². The lowest BCUT2D eigenvalue weighted by atomic mass is 9.93. The molecular weight excluding hydrogens is 358 g/mol. The molecule has 8 heteroatoms. The number of rotatable bonds is 2. The van der Waals surface area contributed by atoms with E-state index >= 15 is 0 Å². The van der Waals surface area contributed by atoms with Gasteiger partial charge in [0.25, 0.3) is 0 Å². The molecule has 0 aliphatic carbocycles. The molecule has 0 bridgehead atoms. The number of piperidine rings is 1. The van der Waals surface area contributed by atoms with E-state index in [1.807, 2.05) is 7.05 Å². The Morgan fingerprint density at radius 2 is 1.81 bits per heavy atom. The zero-order valence-electron chi connectivity index (χ0n) is 14.1. The summed E-state index contributed by atoms with van der Waals surface area (Å²) in [5.74, 6) is 0. The summed E-state index contributed by atoms with van der Waals surface area (Å²) in [6.45, 7) is 0.827. The van der Waals surface area contributed by atoms with Crippen molar-refractivity contribution < 1.29 is 26.3 Å². The summed E-state index contributed by atoms with van der Waals surface area (Å²) >= 11 is 0. The lowest BCUT2D eigenvalue weighted by Gasteiger charge is -2.33. The van der Waals surface area contributed by atoms with Crippen LogP contribution >= 0.6 is 0 Å². The summed E-state index contributed by atoms with van der Waals surface area (Å²) in [7, 11) is 1.89. The highest BCUT2D eigenvalue weighted by atomic mass is 19.4. The van der Waals surface area contributed by atoms with Crippen LogP contribution in [0.15, 0.2) is 24.3 Å². The zero-order valence-corrected chi connectivity index (χ0v) is 14.1. The van der Waals surface area contributed by atoms with E-state index in [2.05, 4.69) is 9.88 Å². The molecule has 3 rings (SSSR count). The van der Waals surface area contributed by atoms with Crippen molar-refractivity contribution in [1.29, 1.82) is 0 Å². The molecule has 0 radical (unpaired) electrons. The van der Waals surface area contributed by atoms with E-state index in [4.69, 9.17) is 0 Å². The highest BCUT2D eigenvalue weighted by Crippen LogP contribution is 2.38. The Bertz CT molecular complexity index is 797. The smallest absolute Gasteiger partial charge is 0.303 e. The molecule has 1 aromatic heterocycles. The number of fused-ring (bicyclic) bond motifs is 1. The van der Waals surface area contributed by atoms with E-state index in [-0.39, 0.29) is 23.4 Å². The molecule has 0 spiro atoms. The minimum atomic E-state index is -4.81. The van der Waals surface area contributed by atoms with Crippen molar-refractivity contribution in [3.63, 3.8) is 0 Å². The number of hydrogen-bond donors (Lipinski definition) is 0. The van der Waals surface area contributed by atoms with Gasteiger partial charge in [0.2, 0.25) is 0 Å². The van der Waals surface area contributed by atoms with Gasteiger partial charge in [-0.25, -0.2) is 4.98 Å². The molecule has 1 fully saturated rings. The summed E-state index contributed by atoms with van der Waals surface area (Å²) in [6.07, 6.45) is -6.54. The molecule has 26 heavy (non-hydrogen) atoms. The predicted molar refractivity (Wildman–Crippen MR) is 85.7 cm³/mol. The zero-order chi connectivity index (χ0) is 19.1. The van der Waals surface area contributed by atoms with Crippen molar-refractivity contribution in [1.82, 2.24) is 9.88 Å². The number of hydrogen-bond acceptors (Lipinski definition) is 2. The number of alkyl halides is 6. The standard InChI is InChI=1S/C18H18F6N2/c1-26-8-3-2-5-12(26)9-11-10-15(18(22,23)24)25-16-13(11)6-4-7-14(16)17(19,20)21/h4,6-7,10,12H,2-3,5,8-9H2,1H3/t12-/m1/s1. The molecule has 1 saturated heterocycles. The van der Waals surface area contributed by atoms with Gasteiger partial charge >= 0.3 is 12.4 Å². The molecule has 2 nitrogen and oxygen atoms in total. The molecule has 0 N–H and O–H groups in total. The quantitative estimate of drug-likeness (QED) is 0.662. The van der Waals surface area contributed by atoms with Gasteiger partial charge in [0.15, 0.2) is 0 Å². The maximum absolute atomic E-state index is 13.3. The Kier molecular flexibility index (Phi) is 4.90. The number of likely N-dealkylation sites (N-methyl/N-ethyl adjacent to an activating group) is 1. The molecule has 0 unspecified atom stereocenters. The molecule has 2 aromatic rings. The Morgan fingerprint density at radius 1 is 1.08 bits per heavy atom. The van der Waals surface area contributed by atoms with Crippen LogP contribution in [0, 0.1) is 0 Å². The Balaban J connectivity index is 2.17. The SMILES string of the molecule is CN1CCCC[C@@H]1Cc1cc(C(F)(F)F)nc2c(C(F)(F)F)cccc12. The average Bonchev–Trinajstić information content (AvgIpc) is 2.54. The van der Waals surface area contributed by atoms with Gasteiger partial charge in [-0.15, -0.1) is 0 Å². The summed E-state index contributed by atoms with van der Waals surface area (Å²) in [5, 5.41) is 0.131. The van der Waals surface area contributed by atoms with E-state index in [1.54, 1.807) is 0 Å². The highest BCUT2D eigenvalue weighted by molar-refractivity contribution is 5.86. The second-order valence-electron chi connectivity index (χ2n) is 6.70.